The first-order valence-electron chi connectivity index (χ1n) is 6.31. The first kappa shape index (κ1) is 13.2. The summed E-state index contributed by atoms with van der Waals surface area (Å²) < 4.78 is 0. The van der Waals surface area contributed by atoms with E-state index in [1.165, 1.54) is 11.1 Å². The van der Waals surface area contributed by atoms with Gasteiger partial charge in [-0.15, -0.1) is 0 Å². The molecule has 0 aliphatic carbocycles. The minimum Gasteiger partial charge on any atom is -0.310 e. The van der Waals surface area contributed by atoms with Crippen LogP contribution >= 0.6 is 0 Å². The third-order valence-corrected chi connectivity index (χ3v) is 3.00. The summed E-state index contributed by atoms with van der Waals surface area (Å²) in [5, 5.41) is 3.58. The molecule has 90 valence electrons. The van der Waals surface area contributed by atoms with E-state index in [2.05, 4.69) is 64.2 Å². The summed E-state index contributed by atoms with van der Waals surface area (Å²) in [4.78, 5) is 0. The molecule has 1 aromatic rings. The van der Waals surface area contributed by atoms with E-state index in [1.54, 1.807) is 0 Å². The van der Waals surface area contributed by atoms with Gasteiger partial charge in [-0.1, -0.05) is 58.9 Å². The summed E-state index contributed by atoms with van der Waals surface area (Å²) in [6.07, 6.45) is 1.11. The Bertz CT molecular complexity index is 305. The van der Waals surface area contributed by atoms with Crippen LogP contribution in [0.4, 0.5) is 0 Å². The third-order valence-electron chi connectivity index (χ3n) is 3.00. The standard InChI is InChI=1S/C15H25N/c1-6-12-8-10-13(11-9-12)14(16-7-2)15(3,4)5/h8-11,14,16H,6-7H2,1-5H3. The van der Waals surface area contributed by atoms with Crippen LogP contribution in [0.2, 0.25) is 0 Å². The van der Waals surface area contributed by atoms with Crippen molar-refractivity contribution in [2.75, 3.05) is 6.54 Å². The molecule has 0 aliphatic heterocycles. The van der Waals surface area contributed by atoms with E-state index in [0.717, 1.165) is 13.0 Å². The van der Waals surface area contributed by atoms with Crippen molar-refractivity contribution >= 4 is 0 Å². The Hall–Kier alpha value is -0.820. The molecular formula is C15H25N. The highest BCUT2D eigenvalue weighted by Crippen LogP contribution is 2.32. The van der Waals surface area contributed by atoms with E-state index in [4.69, 9.17) is 0 Å². The maximum absolute atomic E-state index is 3.58. The molecule has 1 atom stereocenters. The second-order valence-corrected chi connectivity index (χ2v) is 5.45. The summed E-state index contributed by atoms with van der Waals surface area (Å²) in [6.45, 7) is 12.2. The number of rotatable bonds is 4. The van der Waals surface area contributed by atoms with Gasteiger partial charge in [0.15, 0.2) is 0 Å². The molecule has 0 spiro atoms. The molecule has 16 heavy (non-hydrogen) atoms. The van der Waals surface area contributed by atoms with Crippen LogP contribution < -0.4 is 5.32 Å². The second-order valence-electron chi connectivity index (χ2n) is 5.45. The highest BCUT2D eigenvalue weighted by atomic mass is 14.9. The fraction of sp³-hybridized carbons (Fsp3) is 0.600. The molecule has 0 fully saturated rings. The molecule has 0 heterocycles. The smallest absolute Gasteiger partial charge is 0.0369 e. The van der Waals surface area contributed by atoms with Crippen molar-refractivity contribution in [3.8, 4) is 0 Å². The fourth-order valence-corrected chi connectivity index (χ4v) is 2.07. The first-order valence-corrected chi connectivity index (χ1v) is 6.31. The van der Waals surface area contributed by atoms with Crippen molar-refractivity contribution < 1.29 is 0 Å². The lowest BCUT2D eigenvalue weighted by Crippen LogP contribution is -2.32. The summed E-state index contributed by atoms with van der Waals surface area (Å²) in [7, 11) is 0. The second kappa shape index (κ2) is 5.49. The molecule has 1 rings (SSSR count). The zero-order valence-electron chi connectivity index (χ0n) is 11.3. The summed E-state index contributed by atoms with van der Waals surface area (Å²) in [5.41, 5.74) is 3.06. The Morgan fingerprint density at radius 3 is 2.00 bits per heavy atom. The molecular weight excluding hydrogens is 194 g/mol. The molecule has 0 bridgehead atoms. The molecule has 0 aromatic heterocycles. The molecule has 0 radical (unpaired) electrons. The van der Waals surface area contributed by atoms with Crippen LogP contribution in [0.15, 0.2) is 24.3 Å². The van der Waals surface area contributed by atoms with Gasteiger partial charge in [0.1, 0.15) is 0 Å². The van der Waals surface area contributed by atoms with Gasteiger partial charge in [0.05, 0.1) is 0 Å². The van der Waals surface area contributed by atoms with Crippen LogP contribution in [0.1, 0.15) is 51.8 Å². The highest BCUT2D eigenvalue weighted by Gasteiger charge is 2.24. The number of benzene rings is 1. The summed E-state index contributed by atoms with van der Waals surface area (Å²) in [6, 6.07) is 9.44. The Morgan fingerprint density at radius 1 is 1.06 bits per heavy atom. The van der Waals surface area contributed by atoms with Crippen molar-refractivity contribution in [1.82, 2.24) is 5.32 Å². The van der Waals surface area contributed by atoms with Gasteiger partial charge in [0, 0.05) is 6.04 Å². The van der Waals surface area contributed by atoms with Crippen LogP contribution in [0, 0.1) is 5.41 Å². The Morgan fingerprint density at radius 2 is 1.62 bits per heavy atom. The van der Waals surface area contributed by atoms with Crippen LogP contribution in [0.3, 0.4) is 0 Å². The van der Waals surface area contributed by atoms with E-state index in [1.807, 2.05) is 0 Å². The fourth-order valence-electron chi connectivity index (χ4n) is 2.07. The predicted octanol–water partition coefficient (Wildman–Crippen LogP) is 3.95. The molecule has 1 aromatic carbocycles. The molecule has 0 saturated carbocycles. The van der Waals surface area contributed by atoms with E-state index in [9.17, 15) is 0 Å². The number of nitrogens with one attached hydrogen (secondary N) is 1. The minimum absolute atomic E-state index is 0.254. The van der Waals surface area contributed by atoms with Gasteiger partial charge in [0.25, 0.3) is 0 Å². The van der Waals surface area contributed by atoms with Crippen molar-refractivity contribution in [2.45, 2.75) is 47.1 Å². The monoisotopic (exact) mass is 219 g/mol. The molecule has 0 amide bonds. The molecule has 1 heteroatoms. The van der Waals surface area contributed by atoms with E-state index >= 15 is 0 Å². The zero-order valence-corrected chi connectivity index (χ0v) is 11.3. The normalized spacial score (nSPS) is 13.8. The van der Waals surface area contributed by atoms with Gasteiger partial charge in [-0.3, -0.25) is 0 Å². The lowest BCUT2D eigenvalue weighted by molar-refractivity contribution is 0.277. The van der Waals surface area contributed by atoms with Crippen LogP contribution in [0.25, 0.3) is 0 Å². The van der Waals surface area contributed by atoms with Gasteiger partial charge in [-0.2, -0.15) is 0 Å². The average Bonchev–Trinajstić information content (AvgIpc) is 2.25. The Kier molecular flexibility index (Phi) is 4.55. The van der Waals surface area contributed by atoms with Crippen molar-refractivity contribution in [2.24, 2.45) is 5.41 Å². The van der Waals surface area contributed by atoms with E-state index in [0.29, 0.717) is 6.04 Å². The van der Waals surface area contributed by atoms with Gasteiger partial charge >= 0.3 is 0 Å². The van der Waals surface area contributed by atoms with Crippen LogP contribution in [-0.4, -0.2) is 6.54 Å². The molecule has 0 saturated heterocycles. The highest BCUT2D eigenvalue weighted by molar-refractivity contribution is 5.26. The largest absolute Gasteiger partial charge is 0.310 e. The van der Waals surface area contributed by atoms with Crippen LogP contribution in [-0.2, 0) is 6.42 Å². The Labute approximate surface area is 100 Å². The number of aryl methyl sites for hydroxylation is 1. The number of hydrogen-bond donors (Lipinski definition) is 1. The van der Waals surface area contributed by atoms with E-state index < -0.39 is 0 Å². The lowest BCUT2D eigenvalue weighted by atomic mass is 9.82. The first-order chi connectivity index (χ1) is 7.49. The Balaban J connectivity index is 2.93. The third kappa shape index (κ3) is 3.34. The number of hydrogen-bond acceptors (Lipinski definition) is 1. The van der Waals surface area contributed by atoms with Gasteiger partial charge in [0.2, 0.25) is 0 Å². The molecule has 1 nitrogen and oxygen atoms in total. The lowest BCUT2D eigenvalue weighted by Gasteiger charge is -2.32. The summed E-state index contributed by atoms with van der Waals surface area (Å²) >= 11 is 0. The van der Waals surface area contributed by atoms with Gasteiger partial charge < -0.3 is 5.32 Å². The van der Waals surface area contributed by atoms with Crippen molar-refractivity contribution in [3.05, 3.63) is 35.4 Å². The zero-order chi connectivity index (χ0) is 12.2. The topological polar surface area (TPSA) is 12.0 Å². The quantitative estimate of drug-likeness (QED) is 0.808. The van der Waals surface area contributed by atoms with E-state index in [-0.39, 0.29) is 5.41 Å². The van der Waals surface area contributed by atoms with Gasteiger partial charge in [-0.25, -0.2) is 0 Å². The van der Waals surface area contributed by atoms with Crippen molar-refractivity contribution in [1.29, 1.82) is 0 Å². The maximum Gasteiger partial charge on any atom is 0.0369 e. The average molecular weight is 219 g/mol. The van der Waals surface area contributed by atoms with Crippen molar-refractivity contribution in [3.63, 3.8) is 0 Å². The van der Waals surface area contributed by atoms with Crippen LogP contribution in [0.5, 0.6) is 0 Å². The molecule has 1 unspecified atom stereocenters. The SMILES string of the molecule is CCNC(c1ccc(CC)cc1)C(C)(C)C. The summed E-state index contributed by atoms with van der Waals surface area (Å²) in [5.74, 6) is 0. The van der Waals surface area contributed by atoms with Gasteiger partial charge in [-0.05, 0) is 29.5 Å². The minimum atomic E-state index is 0.254. The predicted molar refractivity (Wildman–Crippen MR) is 71.7 cm³/mol. The molecule has 1 N–H and O–H groups in total. The maximum atomic E-state index is 3.58. The molecule has 0 aliphatic rings.